The standard InChI is InChI=1S/C16H23N3O3/c1-4-6-7-12(3)18-19-16(21)15(20)17-13-8-10-14(11-9-13)22-5-2/h8-11H,4-7H2,1-3H3,(H,17,20)(H,19,21). The molecule has 6 nitrogen and oxygen atoms in total. The molecule has 0 fully saturated rings. The van der Waals surface area contributed by atoms with E-state index in [9.17, 15) is 9.59 Å². The quantitative estimate of drug-likeness (QED) is 0.462. The fourth-order valence-corrected chi connectivity index (χ4v) is 1.67. The first kappa shape index (κ1) is 17.7. The second-order valence-electron chi connectivity index (χ2n) is 4.80. The lowest BCUT2D eigenvalue weighted by atomic mass is 10.2. The number of carbonyl (C=O) groups excluding carboxylic acids is 2. The predicted octanol–water partition coefficient (Wildman–Crippen LogP) is 2.71. The molecule has 0 bridgehead atoms. The molecule has 0 saturated heterocycles. The lowest BCUT2D eigenvalue weighted by molar-refractivity contribution is -0.136. The fraction of sp³-hybridized carbons (Fsp3) is 0.438. The van der Waals surface area contributed by atoms with Crippen LogP contribution in [0.3, 0.4) is 0 Å². The zero-order valence-electron chi connectivity index (χ0n) is 13.3. The highest BCUT2D eigenvalue weighted by atomic mass is 16.5. The SMILES string of the molecule is CCCCC(C)=NNC(=O)C(=O)Nc1ccc(OCC)cc1. The molecule has 2 amide bonds. The molecule has 6 heteroatoms. The summed E-state index contributed by atoms with van der Waals surface area (Å²) in [7, 11) is 0. The Morgan fingerprint density at radius 3 is 2.41 bits per heavy atom. The van der Waals surface area contributed by atoms with Crippen molar-refractivity contribution in [2.24, 2.45) is 5.10 Å². The molecular formula is C16H23N3O3. The first-order valence-electron chi connectivity index (χ1n) is 7.44. The first-order valence-corrected chi connectivity index (χ1v) is 7.44. The summed E-state index contributed by atoms with van der Waals surface area (Å²) in [5.41, 5.74) is 3.57. The third-order valence-corrected chi connectivity index (χ3v) is 2.87. The smallest absolute Gasteiger partial charge is 0.329 e. The van der Waals surface area contributed by atoms with Gasteiger partial charge in [-0.3, -0.25) is 9.59 Å². The van der Waals surface area contributed by atoms with Crippen molar-refractivity contribution in [3.8, 4) is 5.75 Å². The van der Waals surface area contributed by atoms with Gasteiger partial charge in [0.05, 0.1) is 6.61 Å². The van der Waals surface area contributed by atoms with Gasteiger partial charge in [0.1, 0.15) is 5.75 Å². The van der Waals surface area contributed by atoms with E-state index in [-0.39, 0.29) is 0 Å². The predicted molar refractivity (Wildman–Crippen MR) is 87.0 cm³/mol. The van der Waals surface area contributed by atoms with Crippen LogP contribution in [0, 0.1) is 0 Å². The maximum atomic E-state index is 11.7. The van der Waals surface area contributed by atoms with Crippen LogP contribution in [0.15, 0.2) is 29.4 Å². The molecule has 0 aliphatic heterocycles. The molecule has 0 aliphatic rings. The molecule has 0 unspecified atom stereocenters. The Kier molecular flexibility index (Phi) is 7.67. The van der Waals surface area contributed by atoms with E-state index in [2.05, 4.69) is 22.8 Å². The largest absolute Gasteiger partial charge is 0.494 e. The van der Waals surface area contributed by atoms with Crippen molar-refractivity contribution in [2.75, 3.05) is 11.9 Å². The number of hydrogen-bond donors (Lipinski definition) is 2. The number of ether oxygens (including phenoxy) is 1. The van der Waals surface area contributed by atoms with Crippen LogP contribution in [0.1, 0.15) is 40.0 Å². The molecule has 0 atom stereocenters. The molecule has 1 aromatic rings. The molecule has 1 rings (SSSR count). The Hall–Kier alpha value is -2.37. The third kappa shape index (κ3) is 6.39. The summed E-state index contributed by atoms with van der Waals surface area (Å²) in [6.45, 7) is 6.36. The average Bonchev–Trinajstić information content (AvgIpc) is 2.52. The van der Waals surface area contributed by atoms with Gasteiger partial charge in [0.2, 0.25) is 0 Å². The van der Waals surface area contributed by atoms with E-state index in [0.717, 1.165) is 25.0 Å². The summed E-state index contributed by atoms with van der Waals surface area (Å²) in [6, 6.07) is 6.80. The number of rotatable bonds is 7. The summed E-state index contributed by atoms with van der Waals surface area (Å²) in [5.74, 6) is -0.831. The lowest BCUT2D eigenvalue weighted by Crippen LogP contribution is -2.32. The number of hydrazone groups is 1. The molecule has 0 radical (unpaired) electrons. The first-order chi connectivity index (χ1) is 10.6. The Bertz CT molecular complexity index is 524. The van der Waals surface area contributed by atoms with Crippen molar-refractivity contribution >= 4 is 23.2 Å². The highest BCUT2D eigenvalue weighted by Crippen LogP contribution is 2.15. The van der Waals surface area contributed by atoms with E-state index in [1.807, 2.05) is 13.8 Å². The Labute approximate surface area is 130 Å². The molecular weight excluding hydrogens is 282 g/mol. The Morgan fingerprint density at radius 2 is 1.82 bits per heavy atom. The number of nitrogens with one attached hydrogen (secondary N) is 2. The maximum absolute atomic E-state index is 11.7. The van der Waals surface area contributed by atoms with E-state index in [1.54, 1.807) is 24.3 Å². The summed E-state index contributed by atoms with van der Waals surface area (Å²) in [6.07, 6.45) is 2.86. The van der Waals surface area contributed by atoms with Crippen molar-refractivity contribution in [1.29, 1.82) is 0 Å². The fourth-order valence-electron chi connectivity index (χ4n) is 1.67. The zero-order chi connectivity index (χ0) is 16.4. The van der Waals surface area contributed by atoms with Gasteiger partial charge in [0.15, 0.2) is 0 Å². The van der Waals surface area contributed by atoms with E-state index in [0.29, 0.717) is 18.0 Å². The van der Waals surface area contributed by atoms with Crippen molar-refractivity contribution in [3.05, 3.63) is 24.3 Å². The number of unbranched alkanes of at least 4 members (excludes halogenated alkanes) is 1. The van der Waals surface area contributed by atoms with Gasteiger partial charge in [-0.1, -0.05) is 13.3 Å². The van der Waals surface area contributed by atoms with Gasteiger partial charge in [-0.2, -0.15) is 5.10 Å². The van der Waals surface area contributed by atoms with Crippen LogP contribution in [0.25, 0.3) is 0 Å². The van der Waals surface area contributed by atoms with E-state index in [1.165, 1.54) is 0 Å². The topological polar surface area (TPSA) is 79.8 Å². The summed E-state index contributed by atoms with van der Waals surface area (Å²) in [4.78, 5) is 23.4. The van der Waals surface area contributed by atoms with Gasteiger partial charge in [-0.05, 0) is 51.0 Å². The van der Waals surface area contributed by atoms with E-state index < -0.39 is 11.8 Å². The van der Waals surface area contributed by atoms with Crippen LogP contribution in [-0.2, 0) is 9.59 Å². The second kappa shape index (κ2) is 9.55. The molecule has 0 aromatic heterocycles. The summed E-state index contributed by atoms with van der Waals surface area (Å²) >= 11 is 0. The van der Waals surface area contributed by atoms with Gasteiger partial charge in [0.25, 0.3) is 0 Å². The normalized spacial score (nSPS) is 11.0. The van der Waals surface area contributed by atoms with E-state index >= 15 is 0 Å². The zero-order valence-corrected chi connectivity index (χ0v) is 13.3. The highest BCUT2D eigenvalue weighted by Gasteiger charge is 2.13. The number of carbonyl (C=O) groups is 2. The Balaban J connectivity index is 2.48. The van der Waals surface area contributed by atoms with Crippen LogP contribution < -0.4 is 15.5 Å². The molecule has 22 heavy (non-hydrogen) atoms. The third-order valence-electron chi connectivity index (χ3n) is 2.87. The molecule has 120 valence electrons. The minimum Gasteiger partial charge on any atom is -0.494 e. The molecule has 2 N–H and O–H groups in total. The minimum atomic E-state index is -0.787. The van der Waals surface area contributed by atoms with E-state index in [4.69, 9.17) is 4.74 Å². The number of hydrogen-bond acceptors (Lipinski definition) is 4. The van der Waals surface area contributed by atoms with Gasteiger partial charge in [0, 0.05) is 11.4 Å². The molecule has 0 aliphatic carbocycles. The molecule has 0 spiro atoms. The minimum absolute atomic E-state index is 0.523. The van der Waals surface area contributed by atoms with Gasteiger partial charge < -0.3 is 10.1 Å². The maximum Gasteiger partial charge on any atom is 0.329 e. The Morgan fingerprint density at radius 1 is 1.14 bits per heavy atom. The van der Waals surface area contributed by atoms with Gasteiger partial charge >= 0.3 is 11.8 Å². The average molecular weight is 305 g/mol. The monoisotopic (exact) mass is 305 g/mol. The number of nitrogens with zero attached hydrogens (tertiary/aromatic N) is 1. The molecule has 0 saturated carbocycles. The highest BCUT2D eigenvalue weighted by molar-refractivity contribution is 6.39. The number of anilines is 1. The van der Waals surface area contributed by atoms with Crippen LogP contribution in [0.2, 0.25) is 0 Å². The van der Waals surface area contributed by atoms with Crippen molar-refractivity contribution in [2.45, 2.75) is 40.0 Å². The van der Waals surface area contributed by atoms with Crippen LogP contribution in [-0.4, -0.2) is 24.1 Å². The van der Waals surface area contributed by atoms with Crippen LogP contribution in [0.5, 0.6) is 5.75 Å². The number of benzene rings is 1. The van der Waals surface area contributed by atoms with Crippen LogP contribution in [0.4, 0.5) is 5.69 Å². The van der Waals surface area contributed by atoms with Crippen molar-refractivity contribution in [3.63, 3.8) is 0 Å². The number of amides is 2. The molecule has 0 heterocycles. The van der Waals surface area contributed by atoms with Crippen molar-refractivity contribution in [1.82, 2.24) is 5.43 Å². The lowest BCUT2D eigenvalue weighted by Gasteiger charge is -2.06. The van der Waals surface area contributed by atoms with Gasteiger partial charge in [-0.15, -0.1) is 0 Å². The van der Waals surface area contributed by atoms with Crippen molar-refractivity contribution < 1.29 is 14.3 Å². The summed E-state index contributed by atoms with van der Waals surface area (Å²) in [5, 5.41) is 6.40. The van der Waals surface area contributed by atoms with Gasteiger partial charge in [-0.25, -0.2) is 5.43 Å². The molecule has 1 aromatic carbocycles. The second-order valence-corrected chi connectivity index (χ2v) is 4.80. The summed E-state index contributed by atoms with van der Waals surface area (Å²) < 4.78 is 5.30. The van der Waals surface area contributed by atoms with Crippen LogP contribution >= 0.6 is 0 Å².